The minimum Gasteiger partial charge on any atom is -0.303 e. The standard InChI is InChI=1S/C13H7Cl2N4/c14-9-1-2-10(11(15)5-9)13-12(6-17-7-18-13)19-4-3-16-8-19/h1-6,8H. The van der Waals surface area contributed by atoms with Crippen molar-refractivity contribution < 1.29 is 0 Å². The van der Waals surface area contributed by atoms with Crippen molar-refractivity contribution in [1.82, 2.24) is 19.5 Å². The van der Waals surface area contributed by atoms with Crippen LogP contribution in [-0.4, -0.2) is 19.5 Å². The molecule has 1 aromatic carbocycles. The van der Waals surface area contributed by atoms with E-state index in [2.05, 4.69) is 21.3 Å². The van der Waals surface area contributed by atoms with E-state index in [4.69, 9.17) is 23.2 Å². The Bertz CT molecular complexity index is 710. The zero-order valence-electron chi connectivity index (χ0n) is 9.59. The van der Waals surface area contributed by atoms with Crippen molar-refractivity contribution in [2.75, 3.05) is 0 Å². The van der Waals surface area contributed by atoms with Crippen LogP contribution in [-0.2, 0) is 0 Å². The first kappa shape index (κ1) is 12.1. The molecule has 3 aromatic rings. The van der Waals surface area contributed by atoms with Gasteiger partial charge in [-0.3, -0.25) is 0 Å². The highest BCUT2D eigenvalue weighted by Crippen LogP contribution is 2.31. The van der Waals surface area contributed by atoms with Crippen LogP contribution in [0.25, 0.3) is 16.9 Å². The summed E-state index contributed by atoms with van der Waals surface area (Å²) < 4.78 is 1.81. The lowest BCUT2D eigenvalue weighted by Gasteiger charge is -2.09. The summed E-state index contributed by atoms with van der Waals surface area (Å²) in [6.45, 7) is 0. The third-order valence-electron chi connectivity index (χ3n) is 2.62. The predicted molar refractivity (Wildman–Crippen MR) is 73.4 cm³/mol. The number of hydrogen-bond acceptors (Lipinski definition) is 3. The molecule has 0 aliphatic heterocycles. The molecule has 1 radical (unpaired) electrons. The summed E-state index contributed by atoms with van der Waals surface area (Å²) in [6.07, 6.45) is 9.41. The van der Waals surface area contributed by atoms with Gasteiger partial charge in [-0.1, -0.05) is 23.2 Å². The molecule has 2 heterocycles. The molecule has 4 nitrogen and oxygen atoms in total. The molecular formula is C13H7Cl2N4. The van der Waals surface area contributed by atoms with E-state index in [0.717, 1.165) is 11.3 Å². The van der Waals surface area contributed by atoms with Crippen LogP contribution in [0.3, 0.4) is 0 Å². The van der Waals surface area contributed by atoms with Gasteiger partial charge in [-0.05, 0) is 18.2 Å². The normalized spacial score (nSPS) is 10.6. The molecule has 0 saturated heterocycles. The fraction of sp³-hybridized carbons (Fsp3) is 0. The molecule has 0 amide bonds. The highest BCUT2D eigenvalue weighted by Gasteiger charge is 2.12. The van der Waals surface area contributed by atoms with Crippen LogP contribution in [0.4, 0.5) is 0 Å². The molecule has 6 heteroatoms. The summed E-state index contributed by atoms with van der Waals surface area (Å²) in [5.74, 6) is 0. The fourth-order valence-electron chi connectivity index (χ4n) is 1.76. The van der Waals surface area contributed by atoms with E-state index in [9.17, 15) is 0 Å². The lowest BCUT2D eigenvalue weighted by molar-refractivity contribution is 1.01. The van der Waals surface area contributed by atoms with Crippen molar-refractivity contribution in [2.24, 2.45) is 0 Å². The number of benzene rings is 1. The summed E-state index contributed by atoms with van der Waals surface area (Å²) in [7, 11) is 0. The smallest absolute Gasteiger partial charge is 0.198 e. The molecule has 0 N–H and O–H groups in total. The lowest BCUT2D eigenvalue weighted by Crippen LogP contribution is -1.98. The van der Waals surface area contributed by atoms with Crippen LogP contribution < -0.4 is 0 Å². The molecule has 2 aromatic heterocycles. The SMILES string of the molecule is Clc1ccc(-c2n[c]ncc2-n2ccnc2)c(Cl)c1. The highest BCUT2D eigenvalue weighted by atomic mass is 35.5. The van der Waals surface area contributed by atoms with Crippen molar-refractivity contribution >= 4 is 23.2 Å². The van der Waals surface area contributed by atoms with Crippen LogP contribution in [0.15, 0.2) is 43.1 Å². The first-order valence-corrected chi connectivity index (χ1v) is 6.18. The van der Waals surface area contributed by atoms with Crippen molar-refractivity contribution in [3.63, 3.8) is 0 Å². The molecule has 0 spiro atoms. The molecule has 0 aliphatic carbocycles. The Morgan fingerprint density at radius 2 is 2.11 bits per heavy atom. The lowest BCUT2D eigenvalue weighted by atomic mass is 10.1. The van der Waals surface area contributed by atoms with Gasteiger partial charge in [0.2, 0.25) is 0 Å². The summed E-state index contributed by atoms with van der Waals surface area (Å²) in [4.78, 5) is 12.1. The third kappa shape index (κ3) is 2.32. The van der Waals surface area contributed by atoms with E-state index < -0.39 is 0 Å². The van der Waals surface area contributed by atoms with Crippen molar-refractivity contribution in [2.45, 2.75) is 0 Å². The molecule has 0 fully saturated rings. The summed E-state index contributed by atoms with van der Waals surface area (Å²) >= 11 is 12.1. The van der Waals surface area contributed by atoms with Gasteiger partial charge in [-0.2, -0.15) is 0 Å². The molecule has 0 unspecified atom stereocenters. The van der Waals surface area contributed by atoms with Gasteiger partial charge in [0, 0.05) is 23.0 Å². The number of imidazole rings is 1. The van der Waals surface area contributed by atoms with E-state index >= 15 is 0 Å². The molecule has 93 valence electrons. The molecule has 0 aliphatic rings. The second-order valence-corrected chi connectivity index (χ2v) is 4.64. The largest absolute Gasteiger partial charge is 0.303 e. The van der Waals surface area contributed by atoms with Crippen molar-refractivity contribution in [1.29, 1.82) is 0 Å². The summed E-state index contributed by atoms with van der Waals surface area (Å²) in [6, 6.07) is 5.27. The first-order chi connectivity index (χ1) is 9.25. The van der Waals surface area contributed by atoms with Gasteiger partial charge < -0.3 is 4.57 Å². The van der Waals surface area contributed by atoms with Gasteiger partial charge >= 0.3 is 0 Å². The minimum absolute atomic E-state index is 0.529. The average molecular weight is 290 g/mol. The molecule has 0 saturated carbocycles. The van der Waals surface area contributed by atoms with E-state index in [0.29, 0.717) is 15.7 Å². The zero-order valence-corrected chi connectivity index (χ0v) is 11.1. The van der Waals surface area contributed by atoms with E-state index in [1.54, 1.807) is 30.9 Å². The van der Waals surface area contributed by atoms with Gasteiger partial charge in [0.15, 0.2) is 6.33 Å². The van der Waals surface area contributed by atoms with Crippen LogP contribution in [0.1, 0.15) is 0 Å². The van der Waals surface area contributed by atoms with Gasteiger partial charge in [-0.15, -0.1) is 0 Å². The van der Waals surface area contributed by atoms with Crippen molar-refractivity contribution in [3.8, 4) is 16.9 Å². The second kappa shape index (κ2) is 4.99. The number of aromatic nitrogens is 4. The van der Waals surface area contributed by atoms with Gasteiger partial charge in [-0.25, -0.2) is 15.0 Å². The van der Waals surface area contributed by atoms with Gasteiger partial charge in [0.25, 0.3) is 0 Å². The number of hydrogen-bond donors (Lipinski definition) is 0. The fourth-order valence-corrected chi connectivity index (χ4v) is 2.26. The van der Waals surface area contributed by atoms with Crippen molar-refractivity contribution in [3.05, 3.63) is 59.5 Å². The van der Waals surface area contributed by atoms with Crippen LogP contribution in [0.5, 0.6) is 0 Å². The summed E-state index contributed by atoms with van der Waals surface area (Å²) in [5, 5.41) is 1.11. The van der Waals surface area contributed by atoms with Gasteiger partial charge in [0.05, 0.1) is 23.2 Å². The van der Waals surface area contributed by atoms with E-state index in [1.165, 1.54) is 0 Å². The van der Waals surface area contributed by atoms with Crippen LogP contribution >= 0.6 is 23.2 Å². The average Bonchev–Trinajstić information content (AvgIpc) is 2.93. The Kier molecular flexibility index (Phi) is 3.19. The quantitative estimate of drug-likeness (QED) is 0.726. The predicted octanol–water partition coefficient (Wildman–Crippen LogP) is 3.44. The number of nitrogens with zero attached hydrogens (tertiary/aromatic N) is 4. The molecule has 3 rings (SSSR count). The Morgan fingerprint density at radius 1 is 1.21 bits per heavy atom. The van der Waals surface area contributed by atoms with E-state index in [1.807, 2.05) is 16.8 Å². The van der Waals surface area contributed by atoms with E-state index in [-0.39, 0.29) is 0 Å². The van der Waals surface area contributed by atoms with Crippen LogP contribution in [0, 0.1) is 6.33 Å². The monoisotopic (exact) mass is 289 g/mol. The van der Waals surface area contributed by atoms with Gasteiger partial charge in [0.1, 0.15) is 5.69 Å². The first-order valence-electron chi connectivity index (χ1n) is 5.42. The molecule has 19 heavy (non-hydrogen) atoms. The molecule has 0 atom stereocenters. The summed E-state index contributed by atoms with van der Waals surface area (Å²) in [5.41, 5.74) is 2.23. The maximum atomic E-state index is 6.21. The number of rotatable bonds is 2. The second-order valence-electron chi connectivity index (χ2n) is 3.80. The Morgan fingerprint density at radius 3 is 2.84 bits per heavy atom. The Balaban J connectivity index is 2.21. The third-order valence-corrected chi connectivity index (χ3v) is 3.17. The molecular weight excluding hydrogens is 283 g/mol. The maximum Gasteiger partial charge on any atom is 0.198 e. The number of halogens is 2. The Labute approximate surface area is 119 Å². The highest BCUT2D eigenvalue weighted by molar-refractivity contribution is 6.36. The topological polar surface area (TPSA) is 43.6 Å². The maximum absolute atomic E-state index is 6.21. The zero-order chi connectivity index (χ0) is 13.2. The Hall–Kier alpha value is -1.91. The molecule has 0 bridgehead atoms. The van der Waals surface area contributed by atoms with Crippen LogP contribution in [0.2, 0.25) is 10.0 Å². The minimum atomic E-state index is 0.529.